The summed E-state index contributed by atoms with van der Waals surface area (Å²) in [5.74, 6) is -0.746. The average Bonchev–Trinajstić information content (AvgIpc) is 3.29. The minimum Gasteiger partial charge on any atom is -0.452 e. The van der Waals surface area contributed by atoms with Gasteiger partial charge in [-0.2, -0.15) is 5.01 Å². The number of carbonyl (C=O) groups excluding carboxylic acids is 4. The van der Waals surface area contributed by atoms with Crippen molar-refractivity contribution in [2.24, 2.45) is 11.8 Å². The number of hydrazine groups is 1. The summed E-state index contributed by atoms with van der Waals surface area (Å²) in [5.41, 5.74) is 5.14. The molecule has 0 unspecified atom stereocenters. The molecule has 2 aliphatic carbocycles. The molecule has 1 spiro atoms. The number of urea groups is 1. The van der Waals surface area contributed by atoms with E-state index in [1.165, 1.54) is 11.3 Å². The fraction of sp³-hybridized carbons (Fsp3) is 0.520. The van der Waals surface area contributed by atoms with Crippen LogP contribution in [0.5, 0.6) is 0 Å². The Hall–Kier alpha value is -3.36. The van der Waals surface area contributed by atoms with Gasteiger partial charge in [-0.05, 0) is 80.5 Å². The Morgan fingerprint density at radius 1 is 1.15 bits per heavy atom. The minimum atomic E-state index is -0.948. The summed E-state index contributed by atoms with van der Waals surface area (Å²) >= 11 is 0. The van der Waals surface area contributed by atoms with E-state index in [-0.39, 0.29) is 0 Å². The number of nitrogens with zero attached hydrogens (tertiary/aromatic N) is 1. The molecule has 4 amide bonds. The highest BCUT2D eigenvalue weighted by Crippen LogP contribution is 2.36. The molecular weight excluding hydrogens is 436 g/mol. The minimum absolute atomic E-state index is 0.352. The molecule has 5 rings (SSSR count). The van der Waals surface area contributed by atoms with Crippen LogP contribution in [0.1, 0.15) is 67.6 Å². The quantitative estimate of drug-likeness (QED) is 0.473. The zero-order valence-electron chi connectivity index (χ0n) is 19.5. The number of imide groups is 1. The van der Waals surface area contributed by atoms with Crippen LogP contribution in [-0.2, 0) is 27.2 Å². The van der Waals surface area contributed by atoms with Crippen LogP contribution in [0.4, 0.5) is 4.79 Å². The Labute approximate surface area is 197 Å². The number of aryl methyl sites for hydroxylation is 1. The van der Waals surface area contributed by atoms with Gasteiger partial charge in [0.1, 0.15) is 5.54 Å². The van der Waals surface area contributed by atoms with E-state index in [9.17, 15) is 19.2 Å². The lowest BCUT2D eigenvalue weighted by Gasteiger charge is -2.33. The summed E-state index contributed by atoms with van der Waals surface area (Å²) in [6.07, 6.45) is 5.85. The van der Waals surface area contributed by atoms with E-state index in [0.29, 0.717) is 35.2 Å². The van der Waals surface area contributed by atoms with Gasteiger partial charge in [0.25, 0.3) is 11.8 Å². The number of ether oxygens (including phenoxy) is 1. The number of aromatic nitrogens is 1. The van der Waals surface area contributed by atoms with Crippen LogP contribution in [0.15, 0.2) is 18.2 Å². The first-order chi connectivity index (χ1) is 16.3. The van der Waals surface area contributed by atoms with Crippen LogP contribution in [0.25, 0.3) is 10.9 Å². The molecule has 3 aliphatic rings. The summed E-state index contributed by atoms with van der Waals surface area (Å²) in [7, 11) is 0. The van der Waals surface area contributed by atoms with Crippen molar-refractivity contribution in [3.63, 3.8) is 0 Å². The van der Waals surface area contributed by atoms with Gasteiger partial charge in [-0.3, -0.25) is 15.0 Å². The van der Waals surface area contributed by atoms with E-state index < -0.39 is 36.0 Å². The number of fused-ring (bicyclic) bond motifs is 3. The van der Waals surface area contributed by atoms with Crippen LogP contribution in [0.3, 0.4) is 0 Å². The van der Waals surface area contributed by atoms with Gasteiger partial charge in [-0.15, -0.1) is 0 Å². The van der Waals surface area contributed by atoms with Crippen molar-refractivity contribution in [3.05, 3.63) is 35.0 Å². The maximum absolute atomic E-state index is 12.9. The van der Waals surface area contributed by atoms with Crippen LogP contribution < -0.4 is 10.7 Å². The zero-order chi connectivity index (χ0) is 24.0. The number of H-pyrrole nitrogens is 1. The number of benzene rings is 1. The summed E-state index contributed by atoms with van der Waals surface area (Å²) in [6.45, 7) is 3.74. The number of hydrogen-bond acceptors (Lipinski definition) is 5. The van der Waals surface area contributed by atoms with Gasteiger partial charge in [-0.25, -0.2) is 9.59 Å². The highest BCUT2D eigenvalue weighted by Gasteiger charge is 2.52. The molecule has 0 radical (unpaired) electrons. The number of aromatic amines is 1. The average molecular weight is 467 g/mol. The second-order valence-electron chi connectivity index (χ2n) is 10.1. The third kappa shape index (κ3) is 3.93. The molecule has 1 aromatic carbocycles. The summed E-state index contributed by atoms with van der Waals surface area (Å²) < 4.78 is 5.18. The predicted molar refractivity (Wildman–Crippen MR) is 124 cm³/mol. The topological polar surface area (TPSA) is 121 Å². The molecule has 180 valence electrons. The summed E-state index contributed by atoms with van der Waals surface area (Å²) in [5, 5.41) is 4.46. The second-order valence-corrected chi connectivity index (χ2v) is 10.1. The standard InChI is InChI=1S/C25H30N4O5/c1-14-7-9-25(10-8-14)23(32)29(24(33)27-25)28-21(30)13-34-22(31)16-4-6-20-18(12-16)17-11-15(2)3-5-19(17)26-20/h4,6,12,14-15,26H,3,5,7-11,13H2,1-2H3,(H,27,33)(H,28,30)/t14?,15-,25?/m1/s1. The normalized spacial score (nSPS) is 26.5. The zero-order valence-corrected chi connectivity index (χ0v) is 19.5. The number of amides is 4. The van der Waals surface area contributed by atoms with Crippen molar-refractivity contribution < 1.29 is 23.9 Å². The lowest BCUT2D eigenvalue weighted by Crippen LogP contribution is -2.52. The van der Waals surface area contributed by atoms with Gasteiger partial charge in [-0.1, -0.05) is 13.8 Å². The molecule has 2 aromatic rings. The van der Waals surface area contributed by atoms with Crippen LogP contribution in [0, 0.1) is 11.8 Å². The SMILES string of the molecule is CC1CCC2(CC1)NC(=O)N(NC(=O)COC(=O)c1ccc3[nH]c4c(c3c1)C[C@H](C)CC4)C2=O. The Balaban J connectivity index is 1.21. The predicted octanol–water partition coefficient (Wildman–Crippen LogP) is 2.98. The van der Waals surface area contributed by atoms with Gasteiger partial charge in [0.05, 0.1) is 5.56 Å². The first-order valence-electron chi connectivity index (χ1n) is 12.0. The van der Waals surface area contributed by atoms with Gasteiger partial charge in [0, 0.05) is 16.6 Å². The smallest absolute Gasteiger partial charge is 0.344 e. The van der Waals surface area contributed by atoms with Crippen molar-refractivity contribution in [2.75, 3.05) is 6.61 Å². The van der Waals surface area contributed by atoms with Gasteiger partial charge in [0.2, 0.25) is 0 Å². The van der Waals surface area contributed by atoms with Crippen molar-refractivity contribution in [1.29, 1.82) is 0 Å². The molecule has 9 heteroatoms. The van der Waals surface area contributed by atoms with Gasteiger partial charge >= 0.3 is 12.0 Å². The van der Waals surface area contributed by atoms with Crippen LogP contribution in [0.2, 0.25) is 0 Å². The first kappa shape index (κ1) is 22.4. The van der Waals surface area contributed by atoms with Crippen LogP contribution in [-0.4, -0.2) is 46.0 Å². The molecule has 34 heavy (non-hydrogen) atoms. The maximum atomic E-state index is 12.9. The molecule has 2 fully saturated rings. The molecule has 9 nitrogen and oxygen atoms in total. The first-order valence-corrected chi connectivity index (χ1v) is 12.0. The second kappa shape index (κ2) is 8.45. The van der Waals surface area contributed by atoms with Gasteiger partial charge < -0.3 is 15.0 Å². The monoisotopic (exact) mass is 466 g/mol. The van der Waals surface area contributed by atoms with E-state index in [1.807, 2.05) is 6.07 Å². The van der Waals surface area contributed by atoms with E-state index in [4.69, 9.17) is 4.74 Å². The molecule has 1 atom stereocenters. The lowest BCUT2D eigenvalue weighted by atomic mass is 9.77. The molecule has 2 heterocycles. The number of rotatable bonds is 4. The molecule has 0 bridgehead atoms. The van der Waals surface area contributed by atoms with E-state index in [2.05, 4.69) is 29.6 Å². The fourth-order valence-electron chi connectivity index (χ4n) is 5.41. The van der Waals surface area contributed by atoms with Crippen molar-refractivity contribution in [3.8, 4) is 0 Å². The molecule has 1 aromatic heterocycles. The third-order valence-electron chi connectivity index (χ3n) is 7.53. The number of nitrogens with one attached hydrogen (secondary N) is 3. The lowest BCUT2D eigenvalue weighted by molar-refractivity contribution is -0.141. The summed E-state index contributed by atoms with van der Waals surface area (Å²) in [6, 6.07) is 4.66. The van der Waals surface area contributed by atoms with Crippen molar-refractivity contribution in [2.45, 2.75) is 64.3 Å². The van der Waals surface area contributed by atoms with Crippen molar-refractivity contribution >= 4 is 34.7 Å². The highest BCUT2D eigenvalue weighted by molar-refractivity contribution is 6.08. The number of esters is 1. The maximum Gasteiger partial charge on any atom is 0.344 e. The Bertz CT molecular complexity index is 1180. The number of carbonyl (C=O) groups is 4. The highest BCUT2D eigenvalue weighted by atomic mass is 16.5. The van der Waals surface area contributed by atoms with Gasteiger partial charge in [0.15, 0.2) is 6.61 Å². The van der Waals surface area contributed by atoms with Crippen molar-refractivity contribution in [1.82, 2.24) is 20.7 Å². The molecular formula is C25H30N4O5. The molecule has 3 N–H and O–H groups in total. The Kier molecular flexibility index (Phi) is 5.58. The molecule has 1 saturated carbocycles. The largest absolute Gasteiger partial charge is 0.452 e. The number of hydrogen-bond donors (Lipinski definition) is 3. The van der Waals surface area contributed by atoms with E-state index in [0.717, 1.165) is 43.0 Å². The summed E-state index contributed by atoms with van der Waals surface area (Å²) in [4.78, 5) is 53.6. The van der Waals surface area contributed by atoms with E-state index >= 15 is 0 Å². The fourth-order valence-corrected chi connectivity index (χ4v) is 5.41. The molecule has 1 saturated heterocycles. The molecule has 1 aliphatic heterocycles. The Morgan fingerprint density at radius 3 is 2.68 bits per heavy atom. The third-order valence-corrected chi connectivity index (χ3v) is 7.53. The Morgan fingerprint density at radius 2 is 1.91 bits per heavy atom. The van der Waals surface area contributed by atoms with E-state index in [1.54, 1.807) is 12.1 Å². The van der Waals surface area contributed by atoms with Crippen LogP contribution >= 0.6 is 0 Å².